The Balaban J connectivity index is 2.46. The second-order valence-corrected chi connectivity index (χ2v) is 5.82. The summed E-state index contributed by atoms with van der Waals surface area (Å²) >= 11 is 1.46. The molecule has 0 aromatic carbocycles. The molecule has 1 heterocycles. The molecule has 20 heavy (non-hydrogen) atoms. The van der Waals surface area contributed by atoms with Crippen LogP contribution in [0.5, 0.6) is 0 Å². The molecule has 1 amide bonds. The van der Waals surface area contributed by atoms with Crippen molar-refractivity contribution in [3.05, 3.63) is 23.9 Å². The van der Waals surface area contributed by atoms with E-state index in [2.05, 4.69) is 24.1 Å². The molecule has 0 saturated heterocycles. The smallest absolute Gasteiger partial charge is 0.310 e. The molecule has 1 aromatic rings. The molecule has 0 radical (unpaired) electrons. The Morgan fingerprint density at radius 3 is 2.75 bits per heavy atom. The predicted octanol–water partition coefficient (Wildman–Crippen LogP) is 3.82. The molecule has 3 nitrogen and oxygen atoms in total. The first-order valence-electron chi connectivity index (χ1n) is 6.20. The zero-order chi connectivity index (χ0) is 15.2. The van der Waals surface area contributed by atoms with E-state index in [4.69, 9.17) is 0 Å². The largest absolute Gasteiger partial charge is 0.416 e. The van der Waals surface area contributed by atoms with E-state index >= 15 is 0 Å². The third-order valence-corrected chi connectivity index (χ3v) is 3.42. The minimum Gasteiger partial charge on any atom is -0.310 e. The fourth-order valence-corrected chi connectivity index (χ4v) is 2.38. The lowest BCUT2D eigenvalue weighted by Crippen LogP contribution is -2.16. The zero-order valence-corrected chi connectivity index (χ0v) is 12.1. The average molecular weight is 306 g/mol. The summed E-state index contributed by atoms with van der Waals surface area (Å²) in [4.78, 5) is 15.3. The molecule has 0 bridgehead atoms. The van der Waals surface area contributed by atoms with Crippen LogP contribution in [0.15, 0.2) is 18.3 Å². The minimum atomic E-state index is -4.44. The van der Waals surface area contributed by atoms with Crippen molar-refractivity contribution in [2.45, 2.75) is 26.4 Å². The van der Waals surface area contributed by atoms with Crippen LogP contribution in [0.4, 0.5) is 19.0 Å². The Labute approximate surface area is 120 Å². The predicted molar refractivity (Wildman–Crippen MR) is 74.6 cm³/mol. The molecule has 0 saturated carbocycles. The van der Waals surface area contributed by atoms with Gasteiger partial charge in [-0.15, -0.1) is 0 Å². The number of nitrogens with zero attached hydrogens (tertiary/aromatic N) is 1. The molecule has 0 aliphatic rings. The lowest BCUT2D eigenvalue weighted by atomic mass is 10.2. The monoisotopic (exact) mass is 306 g/mol. The highest BCUT2D eigenvalue weighted by Gasteiger charge is 2.30. The molecular weight excluding hydrogens is 289 g/mol. The summed E-state index contributed by atoms with van der Waals surface area (Å²) in [6, 6.07) is 1.70. The number of carbonyl (C=O) groups excluding carboxylic acids is 1. The van der Waals surface area contributed by atoms with Crippen LogP contribution >= 0.6 is 11.8 Å². The van der Waals surface area contributed by atoms with Crippen molar-refractivity contribution in [1.29, 1.82) is 0 Å². The Morgan fingerprint density at radius 2 is 2.15 bits per heavy atom. The normalized spacial score (nSPS) is 11.7. The van der Waals surface area contributed by atoms with Gasteiger partial charge in [-0.1, -0.05) is 13.8 Å². The summed E-state index contributed by atoms with van der Waals surface area (Å²) < 4.78 is 37.5. The summed E-state index contributed by atoms with van der Waals surface area (Å²) in [5, 5.41) is 2.37. The van der Waals surface area contributed by atoms with Crippen LogP contribution in [0, 0.1) is 5.92 Å². The molecule has 1 rings (SSSR count). The number of hydrogen-bond donors (Lipinski definition) is 1. The summed E-state index contributed by atoms with van der Waals surface area (Å²) in [5.74, 6) is 1.21. The van der Waals surface area contributed by atoms with Crippen molar-refractivity contribution in [1.82, 2.24) is 4.98 Å². The number of halogens is 3. The van der Waals surface area contributed by atoms with Crippen molar-refractivity contribution >= 4 is 23.5 Å². The van der Waals surface area contributed by atoms with Gasteiger partial charge in [-0.25, -0.2) is 4.98 Å². The lowest BCUT2D eigenvalue weighted by Gasteiger charge is -2.09. The second-order valence-electron chi connectivity index (χ2n) is 4.71. The van der Waals surface area contributed by atoms with E-state index in [1.165, 1.54) is 11.8 Å². The van der Waals surface area contributed by atoms with E-state index in [1.54, 1.807) is 0 Å². The first-order valence-corrected chi connectivity index (χ1v) is 7.35. The van der Waals surface area contributed by atoms with Crippen molar-refractivity contribution in [2.24, 2.45) is 5.92 Å². The summed E-state index contributed by atoms with van der Waals surface area (Å²) in [5.41, 5.74) is -0.824. The number of anilines is 1. The number of rotatable bonds is 6. The van der Waals surface area contributed by atoms with Crippen molar-refractivity contribution in [2.75, 3.05) is 16.8 Å². The third kappa shape index (κ3) is 6.27. The van der Waals surface area contributed by atoms with Crippen molar-refractivity contribution < 1.29 is 18.0 Å². The number of pyridine rings is 1. The number of amides is 1. The molecule has 0 spiro atoms. The molecule has 0 aliphatic heterocycles. The molecule has 0 unspecified atom stereocenters. The maximum atomic E-state index is 12.5. The maximum Gasteiger partial charge on any atom is 0.416 e. The highest BCUT2D eigenvalue weighted by atomic mass is 32.2. The zero-order valence-electron chi connectivity index (χ0n) is 11.3. The van der Waals surface area contributed by atoms with Crippen LogP contribution in [-0.2, 0) is 11.0 Å². The first-order chi connectivity index (χ1) is 9.29. The van der Waals surface area contributed by atoms with E-state index in [1.807, 2.05) is 0 Å². The van der Waals surface area contributed by atoms with E-state index < -0.39 is 11.7 Å². The van der Waals surface area contributed by atoms with Gasteiger partial charge in [0.25, 0.3) is 0 Å². The van der Waals surface area contributed by atoms with Gasteiger partial charge in [-0.2, -0.15) is 24.9 Å². The molecule has 0 atom stereocenters. The number of alkyl halides is 3. The van der Waals surface area contributed by atoms with Crippen molar-refractivity contribution in [3.8, 4) is 0 Å². The number of hydrogen-bond acceptors (Lipinski definition) is 3. The summed E-state index contributed by atoms with van der Waals surface area (Å²) in [6.45, 7) is 4.18. The van der Waals surface area contributed by atoms with Crippen LogP contribution in [0.2, 0.25) is 0 Å². The van der Waals surface area contributed by atoms with Crippen molar-refractivity contribution in [3.63, 3.8) is 0 Å². The van der Waals surface area contributed by atoms with Gasteiger partial charge in [0.15, 0.2) is 0 Å². The maximum absolute atomic E-state index is 12.5. The number of aromatic nitrogens is 1. The standard InChI is InChI=1S/C13H17F3N2OS/c1-9(2)4-6-20-8-12(19)18-11-7-10(3-5-17-11)13(14,15)16/h3,5,7,9H,4,6,8H2,1-2H3,(H,17,18,19). The fraction of sp³-hybridized carbons (Fsp3) is 0.538. The van der Waals surface area contributed by atoms with Crippen LogP contribution in [0.1, 0.15) is 25.8 Å². The minimum absolute atomic E-state index is 0.0747. The van der Waals surface area contributed by atoms with Gasteiger partial charge < -0.3 is 5.32 Å². The summed E-state index contributed by atoms with van der Waals surface area (Å²) in [7, 11) is 0. The fourth-order valence-electron chi connectivity index (χ4n) is 1.34. The van der Waals surface area contributed by atoms with Gasteiger partial charge in [0.05, 0.1) is 11.3 Å². The van der Waals surface area contributed by atoms with Gasteiger partial charge >= 0.3 is 6.18 Å². The molecular formula is C13H17F3N2OS. The highest BCUT2D eigenvalue weighted by molar-refractivity contribution is 7.99. The third-order valence-electron chi connectivity index (χ3n) is 2.43. The summed E-state index contributed by atoms with van der Waals surface area (Å²) in [6.07, 6.45) is -2.40. The van der Waals surface area contributed by atoms with E-state index in [0.717, 1.165) is 30.5 Å². The Bertz CT molecular complexity index is 449. The highest BCUT2D eigenvalue weighted by Crippen LogP contribution is 2.29. The second kappa shape index (κ2) is 7.52. The van der Waals surface area contributed by atoms with Gasteiger partial charge in [0.1, 0.15) is 5.82 Å². The van der Waals surface area contributed by atoms with E-state index in [-0.39, 0.29) is 17.5 Å². The van der Waals surface area contributed by atoms with E-state index in [0.29, 0.717) is 5.92 Å². The van der Waals surface area contributed by atoms with Crippen LogP contribution < -0.4 is 5.32 Å². The molecule has 0 fully saturated rings. The lowest BCUT2D eigenvalue weighted by molar-refractivity contribution is -0.137. The Hall–Kier alpha value is -1.24. The van der Waals surface area contributed by atoms with Gasteiger partial charge in [-0.05, 0) is 30.2 Å². The van der Waals surface area contributed by atoms with Gasteiger partial charge in [0, 0.05) is 6.20 Å². The first kappa shape index (κ1) is 16.8. The van der Waals surface area contributed by atoms with Crippen LogP contribution in [0.3, 0.4) is 0 Å². The van der Waals surface area contributed by atoms with Crippen LogP contribution in [0.25, 0.3) is 0 Å². The Kier molecular flexibility index (Phi) is 6.32. The van der Waals surface area contributed by atoms with Gasteiger partial charge in [0.2, 0.25) is 5.91 Å². The number of thioether (sulfide) groups is 1. The van der Waals surface area contributed by atoms with Gasteiger partial charge in [-0.3, -0.25) is 4.79 Å². The van der Waals surface area contributed by atoms with Crippen LogP contribution in [-0.4, -0.2) is 22.4 Å². The molecule has 0 aliphatic carbocycles. The SMILES string of the molecule is CC(C)CCSCC(=O)Nc1cc(C(F)(F)F)ccn1. The molecule has 1 aromatic heterocycles. The molecule has 7 heteroatoms. The number of carbonyl (C=O) groups is 1. The topological polar surface area (TPSA) is 42.0 Å². The molecule has 112 valence electrons. The molecule has 1 N–H and O–H groups in total. The Morgan fingerprint density at radius 1 is 1.45 bits per heavy atom. The number of nitrogens with one attached hydrogen (secondary N) is 1. The van der Waals surface area contributed by atoms with E-state index in [9.17, 15) is 18.0 Å². The quantitative estimate of drug-likeness (QED) is 0.812. The average Bonchev–Trinajstić information content (AvgIpc) is 2.34.